The highest BCUT2D eigenvalue weighted by Crippen LogP contribution is 2.28. The van der Waals surface area contributed by atoms with Crippen LogP contribution in [0.15, 0.2) is 54.6 Å². The Morgan fingerprint density at radius 2 is 1.83 bits per heavy atom. The van der Waals surface area contributed by atoms with Gasteiger partial charge in [0, 0.05) is 17.1 Å². The van der Waals surface area contributed by atoms with Crippen LogP contribution in [0.5, 0.6) is 0 Å². The van der Waals surface area contributed by atoms with Gasteiger partial charge in [0.2, 0.25) is 0 Å². The average Bonchev–Trinajstić information content (AvgIpc) is 2.98. The molecule has 1 aromatic heterocycles. The highest BCUT2D eigenvalue weighted by molar-refractivity contribution is 7.17. The van der Waals surface area contributed by atoms with Crippen molar-refractivity contribution in [3.8, 4) is 10.6 Å². The predicted molar refractivity (Wildman–Crippen MR) is 99.8 cm³/mol. The van der Waals surface area contributed by atoms with Crippen LogP contribution in [0.4, 0.5) is 0 Å². The molecule has 2 aromatic carbocycles. The maximum absolute atomic E-state index is 12.4. The Hall–Kier alpha value is -2.17. The Bertz CT molecular complexity index is 828. The van der Waals surface area contributed by atoms with Crippen LogP contribution in [-0.4, -0.2) is 17.4 Å². The van der Waals surface area contributed by atoms with Gasteiger partial charge in [-0.3, -0.25) is 4.79 Å². The molecule has 122 valence electrons. The second-order valence-electron chi connectivity index (χ2n) is 5.43. The maximum atomic E-state index is 12.4. The second-order valence-corrected chi connectivity index (χ2v) is 6.87. The summed E-state index contributed by atoms with van der Waals surface area (Å²) in [6.07, 6.45) is 0.814. The molecule has 1 N–H and O–H groups in total. The normalized spacial score (nSPS) is 10.6. The predicted octanol–water partition coefficient (Wildman–Crippen LogP) is 4.74. The van der Waals surface area contributed by atoms with Crippen molar-refractivity contribution in [2.75, 3.05) is 6.54 Å². The topological polar surface area (TPSA) is 42.0 Å². The first-order valence-electron chi connectivity index (χ1n) is 7.69. The average molecular weight is 357 g/mol. The molecule has 0 unspecified atom stereocenters. The molecule has 0 atom stereocenters. The van der Waals surface area contributed by atoms with Crippen molar-refractivity contribution in [1.29, 1.82) is 0 Å². The fourth-order valence-corrected chi connectivity index (χ4v) is 3.48. The van der Waals surface area contributed by atoms with Gasteiger partial charge in [-0.1, -0.05) is 54.1 Å². The Morgan fingerprint density at radius 3 is 2.54 bits per heavy atom. The summed E-state index contributed by atoms with van der Waals surface area (Å²) in [5, 5.41) is 4.49. The fourth-order valence-electron chi connectivity index (χ4n) is 2.37. The van der Waals surface area contributed by atoms with E-state index in [1.807, 2.05) is 49.4 Å². The number of carbonyl (C=O) groups is 1. The number of halogens is 1. The summed E-state index contributed by atoms with van der Waals surface area (Å²) in [6.45, 7) is 2.47. The van der Waals surface area contributed by atoms with Crippen molar-refractivity contribution in [1.82, 2.24) is 10.3 Å². The third-order valence-corrected chi connectivity index (χ3v) is 5.09. The standard InChI is InChI=1S/C19H17ClN2OS/c1-13-17(18(23)21-12-11-14-5-3-2-4-6-14)24-19(22-13)15-7-9-16(20)10-8-15/h2-10H,11-12H2,1H3,(H,21,23). The molecule has 0 fully saturated rings. The van der Waals surface area contributed by atoms with Crippen LogP contribution >= 0.6 is 22.9 Å². The number of carbonyl (C=O) groups excluding carboxylic acids is 1. The molecule has 5 heteroatoms. The minimum atomic E-state index is -0.0684. The molecule has 0 aliphatic heterocycles. The van der Waals surface area contributed by atoms with Gasteiger partial charge in [0.15, 0.2) is 0 Å². The monoisotopic (exact) mass is 356 g/mol. The largest absolute Gasteiger partial charge is 0.351 e. The van der Waals surface area contributed by atoms with Gasteiger partial charge >= 0.3 is 0 Å². The van der Waals surface area contributed by atoms with Crippen LogP contribution in [0.1, 0.15) is 20.9 Å². The molecule has 0 aliphatic rings. The van der Waals surface area contributed by atoms with Crippen LogP contribution in [0, 0.1) is 6.92 Å². The smallest absolute Gasteiger partial charge is 0.263 e. The Labute approximate surface area is 150 Å². The molecule has 24 heavy (non-hydrogen) atoms. The van der Waals surface area contributed by atoms with Crippen LogP contribution in [0.2, 0.25) is 5.02 Å². The lowest BCUT2D eigenvalue weighted by Crippen LogP contribution is -2.25. The number of thiazole rings is 1. The van der Waals surface area contributed by atoms with Gasteiger partial charge in [-0.25, -0.2) is 4.98 Å². The van der Waals surface area contributed by atoms with E-state index in [-0.39, 0.29) is 5.91 Å². The SMILES string of the molecule is Cc1nc(-c2ccc(Cl)cc2)sc1C(=O)NCCc1ccccc1. The highest BCUT2D eigenvalue weighted by atomic mass is 35.5. The third kappa shape index (κ3) is 4.02. The first-order valence-corrected chi connectivity index (χ1v) is 8.88. The lowest BCUT2D eigenvalue weighted by Gasteiger charge is -2.04. The molecule has 3 nitrogen and oxygen atoms in total. The number of nitrogens with zero attached hydrogens (tertiary/aromatic N) is 1. The Balaban J connectivity index is 1.66. The molecule has 0 spiro atoms. The molecule has 0 radical (unpaired) electrons. The number of amides is 1. The summed E-state index contributed by atoms with van der Waals surface area (Å²) in [5.74, 6) is -0.0684. The Morgan fingerprint density at radius 1 is 1.12 bits per heavy atom. The summed E-state index contributed by atoms with van der Waals surface area (Å²) in [6, 6.07) is 17.6. The van der Waals surface area contributed by atoms with Crippen molar-refractivity contribution in [2.24, 2.45) is 0 Å². The van der Waals surface area contributed by atoms with Gasteiger partial charge in [-0.15, -0.1) is 11.3 Å². The van der Waals surface area contributed by atoms with Gasteiger partial charge < -0.3 is 5.32 Å². The third-order valence-electron chi connectivity index (χ3n) is 3.64. The van der Waals surface area contributed by atoms with E-state index >= 15 is 0 Å². The molecular weight excluding hydrogens is 340 g/mol. The van der Waals surface area contributed by atoms with Crippen LogP contribution in [-0.2, 0) is 6.42 Å². The van der Waals surface area contributed by atoms with E-state index in [0.717, 1.165) is 22.7 Å². The zero-order chi connectivity index (χ0) is 16.9. The van der Waals surface area contributed by atoms with Gasteiger partial charge in [-0.05, 0) is 31.0 Å². The fraction of sp³-hybridized carbons (Fsp3) is 0.158. The lowest BCUT2D eigenvalue weighted by atomic mass is 10.1. The van der Waals surface area contributed by atoms with Crippen molar-refractivity contribution in [3.05, 3.63) is 75.8 Å². The number of rotatable bonds is 5. The first-order chi connectivity index (χ1) is 11.6. The molecule has 1 amide bonds. The summed E-state index contributed by atoms with van der Waals surface area (Å²) in [7, 11) is 0. The van der Waals surface area contributed by atoms with Crippen molar-refractivity contribution < 1.29 is 4.79 Å². The summed E-state index contributed by atoms with van der Waals surface area (Å²) in [5.41, 5.74) is 2.93. The molecule has 0 aliphatic carbocycles. The quantitative estimate of drug-likeness (QED) is 0.717. The number of benzene rings is 2. The number of hydrogen-bond donors (Lipinski definition) is 1. The maximum Gasteiger partial charge on any atom is 0.263 e. The summed E-state index contributed by atoms with van der Waals surface area (Å²) in [4.78, 5) is 17.6. The lowest BCUT2D eigenvalue weighted by molar-refractivity contribution is 0.0957. The van der Waals surface area contributed by atoms with E-state index in [9.17, 15) is 4.79 Å². The van der Waals surface area contributed by atoms with Crippen molar-refractivity contribution in [2.45, 2.75) is 13.3 Å². The molecule has 3 rings (SSSR count). The van der Waals surface area contributed by atoms with Crippen molar-refractivity contribution in [3.63, 3.8) is 0 Å². The minimum absolute atomic E-state index is 0.0684. The van der Waals surface area contributed by atoms with E-state index in [0.29, 0.717) is 16.4 Å². The second kappa shape index (κ2) is 7.60. The number of hydrogen-bond acceptors (Lipinski definition) is 3. The van der Waals surface area contributed by atoms with E-state index in [1.54, 1.807) is 0 Å². The van der Waals surface area contributed by atoms with Gasteiger partial charge in [0.1, 0.15) is 9.88 Å². The zero-order valence-electron chi connectivity index (χ0n) is 13.3. The van der Waals surface area contributed by atoms with Crippen molar-refractivity contribution >= 4 is 28.8 Å². The molecule has 3 aromatic rings. The minimum Gasteiger partial charge on any atom is -0.351 e. The highest BCUT2D eigenvalue weighted by Gasteiger charge is 2.15. The van der Waals surface area contributed by atoms with Gasteiger partial charge in [-0.2, -0.15) is 0 Å². The van der Waals surface area contributed by atoms with E-state index in [4.69, 9.17) is 11.6 Å². The zero-order valence-corrected chi connectivity index (χ0v) is 14.8. The first kappa shape index (κ1) is 16.7. The van der Waals surface area contributed by atoms with E-state index < -0.39 is 0 Å². The van der Waals surface area contributed by atoms with E-state index in [2.05, 4.69) is 22.4 Å². The van der Waals surface area contributed by atoms with Crippen LogP contribution < -0.4 is 5.32 Å². The summed E-state index contributed by atoms with van der Waals surface area (Å²) >= 11 is 7.32. The van der Waals surface area contributed by atoms with Crippen LogP contribution in [0.25, 0.3) is 10.6 Å². The van der Waals surface area contributed by atoms with Gasteiger partial charge in [0.25, 0.3) is 5.91 Å². The van der Waals surface area contributed by atoms with Crippen LogP contribution in [0.3, 0.4) is 0 Å². The molecular formula is C19H17ClN2OS. The number of nitrogens with one attached hydrogen (secondary N) is 1. The molecule has 0 saturated heterocycles. The summed E-state index contributed by atoms with van der Waals surface area (Å²) < 4.78 is 0. The molecule has 0 saturated carbocycles. The Kier molecular flexibility index (Phi) is 5.28. The molecule has 0 bridgehead atoms. The van der Waals surface area contributed by atoms with Gasteiger partial charge in [0.05, 0.1) is 5.69 Å². The number of aryl methyl sites for hydroxylation is 1. The van der Waals surface area contributed by atoms with E-state index in [1.165, 1.54) is 16.9 Å². The molecule has 1 heterocycles. The number of aromatic nitrogens is 1.